The van der Waals surface area contributed by atoms with Gasteiger partial charge >= 0.3 is 0 Å². The van der Waals surface area contributed by atoms with Gasteiger partial charge < -0.3 is 14.8 Å². The van der Waals surface area contributed by atoms with Gasteiger partial charge in [0.25, 0.3) is 11.8 Å². The van der Waals surface area contributed by atoms with E-state index in [0.717, 1.165) is 4.90 Å². The van der Waals surface area contributed by atoms with Crippen LogP contribution in [0.1, 0.15) is 11.1 Å². The number of amides is 2. The molecule has 0 radical (unpaired) electrons. The number of methoxy groups -OCH3 is 2. The Kier molecular flexibility index (Phi) is 6.07. The quantitative estimate of drug-likeness (QED) is 0.506. The van der Waals surface area contributed by atoms with Crippen molar-refractivity contribution >= 4 is 40.4 Å². The van der Waals surface area contributed by atoms with E-state index < -0.39 is 17.6 Å². The Labute approximate surface area is 195 Å². The summed E-state index contributed by atoms with van der Waals surface area (Å²) in [5, 5.41) is 3.55. The van der Waals surface area contributed by atoms with E-state index in [-0.39, 0.29) is 17.0 Å². The highest BCUT2D eigenvalue weighted by atomic mass is 35.5. The predicted octanol–water partition coefficient (Wildman–Crippen LogP) is 5.20. The Balaban J connectivity index is 1.90. The number of para-hydroxylation sites is 1. The Morgan fingerprint density at radius 3 is 2.33 bits per heavy atom. The maximum Gasteiger partial charge on any atom is 0.282 e. The first-order chi connectivity index (χ1) is 15.9. The lowest BCUT2D eigenvalue weighted by Crippen LogP contribution is -2.33. The Morgan fingerprint density at radius 1 is 0.909 bits per heavy atom. The molecule has 0 unspecified atom stereocenters. The third kappa shape index (κ3) is 3.91. The minimum absolute atomic E-state index is 0.000777. The smallest absolute Gasteiger partial charge is 0.282 e. The van der Waals surface area contributed by atoms with Gasteiger partial charge in [0.15, 0.2) is 11.5 Å². The molecule has 2 amide bonds. The molecule has 6 nitrogen and oxygen atoms in total. The number of carbonyl (C=O) groups is 2. The molecule has 168 valence electrons. The third-order valence-electron chi connectivity index (χ3n) is 5.38. The summed E-state index contributed by atoms with van der Waals surface area (Å²) in [6.45, 7) is 1.79. The molecule has 1 aliphatic heterocycles. The molecule has 8 heteroatoms. The van der Waals surface area contributed by atoms with Crippen molar-refractivity contribution in [2.45, 2.75) is 6.92 Å². The van der Waals surface area contributed by atoms with Crippen LogP contribution in [0.25, 0.3) is 5.57 Å². The molecule has 0 aromatic heterocycles. The number of rotatable bonds is 6. The van der Waals surface area contributed by atoms with Crippen LogP contribution in [-0.2, 0) is 9.59 Å². The van der Waals surface area contributed by atoms with Crippen molar-refractivity contribution in [3.63, 3.8) is 0 Å². The third-order valence-corrected chi connectivity index (χ3v) is 5.79. The van der Waals surface area contributed by atoms with E-state index in [1.807, 2.05) is 0 Å². The van der Waals surface area contributed by atoms with Crippen LogP contribution in [0.5, 0.6) is 11.5 Å². The van der Waals surface area contributed by atoms with Crippen molar-refractivity contribution in [2.24, 2.45) is 0 Å². The zero-order chi connectivity index (χ0) is 23.7. The van der Waals surface area contributed by atoms with Crippen LogP contribution in [-0.4, -0.2) is 26.0 Å². The second-order valence-corrected chi connectivity index (χ2v) is 7.66. The van der Waals surface area contributed by atoms with Gasteiger partial charge in [-0.1, -0.05) is 35.9 Å². The number of benzene rings is 3. The van der Waals surface area contributed by atoms with E-state index in [0.29, 0.717) is 33.3 Å². The van der Waals surface area contributed by atoms with Gasteiger partial charge in [-0.15, -0.1) is 0 Å². The Morgan fingerprint density at radius 2 is 1.64 bits per heavy atom. The number of anilines is 2. The molecule has 0 aliphatic carbocycles. The number of hydrogen-bond donors (Lipinski definition) is 1. The number of imide groups is 1. The fraction of sp³-hybridized carbons (Fsp3) is 0.120. The average Bonchev–Trinajstić information content (AvgIpc) is 3.06. The van der Waals surface area contributed by atoms with Gasteiger partial charge in [0.05, 0.1) is 25.5 Å². The molecule has 0 saturated carbocycles. The number of carbonyl (C=O) groups excluding carboxylic acids is 2. The lowest BCUT2D eigenvalue weighted by atomic mass is 10.0. The van der Waals surface area contributed by atoms with Gasteiger partial charge in [0, 0.05) is 10.7 Å². The largest absolute Gasteiger partial charge is 0.493 e. The van der Waals surface area contributed by atoms with Crippen LogP contribution in [0, 0.1) is 12.7 Å². The van der Waals surface area contributed by atoms with Gasteiger partial charge in [0.2, 0.25) is 0 Å². The minimum Gasteiger partial charge on any atom is -0.493 e. The van der Waals surface area contributed by atoms with E-state index in [4.69, 9.17) is 21.1 Å². The highest BCUT2D eigenvalue weighted by Gasteiger charge is 2.41. The number of hydrogen-bond acceptors (Lipinski definition) is 5. The van der Waals surface area contributed by atoms with Crippen LogP contribution >= 0.6 is 11.6 Å². The van der Waals surface area contributed by atoms with E-state index in [1.165, 1.54) is 32.4 Å². The zero-order valence-corrected chi connectivity index (χ0v) is 18.9. The summed E-state index contributed by atoms with van der Waals surface area (Å²) in [5.41, 5.74) is 1.59. The molecular weight excluding hydrogens is 447 g/mol. The van der Waals surface area contributed by atoms with Crippen molar-refractivity contribution in [3.05, 3.63) is 88.3 Å². The van der Waals surface area contributed by atoms with Gasteiger partial charge in [-0.3, -0.25) is 9.59 Å². The monoisotopic (exact) mass is 466 g/mol. The molecule has 0 bridgehead atoms. The summed E-state index contributed by atoms with van der Waals surface area (Å²) < 4.78 is 25.2. The van der Waals surface area contributed by atoms with E-state index >= 15 is 0 Å². The van der Waals surface area contributed by atoms with Crippen molar-refractivity contribution in [1.29, 1.82) is 0 Å². The van der Waals surface area contributed by atoms with E-state index in [9.17, 15) is 14.0 Å². The van der Waals surface area contributed by atoms with Crippen molar-refractivity contribution in [3.8, 4) is 11.5 Å². The zero-order valence-electron chi connectivity index (χ0n) is 18.1. The number of nitrogens with zero attached hydrogens (tertiary/aromatic N) is 1. The molecule has 3 aromatic rings. The second kappa shape index (κ2) is 8.96. The van der Waals surface area contributed by atoms with Gasteiger partial charge in [0.1, 0.15) is 11.5 Å². The second-order valence-electron chi connectivity index (χ2n) is 7.25. The standard InChI is InChI=1S/C25H20ClFN2O4/c1-14-16(26)7-6-9-18(14)28-23-22(15-11-12-20(32-2)21(13-15)33-3)24(30)29(25(23)31)19-10-5-4-8-17(19)27/h4-13,28H,1-3H3. The summed E-state index contributed by atoms with van der Waals surface area (Å²) >= 11 is 6.24. The lowest BCUT2D eigenvalue weighted by molar-refractivity contribution is -0.120. The van der Waals surface area contributed by atoms with Crippen molar-refractivity contribution in [2.75, 3.05) is 24.4 Å². The SMILES string of the molecule is COc1ccc(C2=C(Nc3cccc(Cl)c3C)C(=O)N(c3ccccc3F)C2=O)cc1OC. The number of halogens is 2. The maximum atomic E-state index is 14.6. The van der Waals surface area contributed by atoms with Crippen molar-refractivity contribution in [1.82, 2.24) is 0 Å². The summed E-state index contributed by atoms with van der Waals surface area (Å²) in [6.07, 6.45) is 0. The summed E-state index contributed by atoms with van der Waals surface area (Å²) in [7, 11) is 2.97. The molecule has 1 heterocycles. The van der Waals surface area contributed by atoms with E-state index in [1.54, 1.807) is 49.4 Å². The first-order valence-corrected chi connectivity index (χ1v) is 10.4. The Hall–Kier alpha value is -3.84. The van der Waals surface area contributed by atoms with Crippen LogP contribution in [0.4, 0.5) is 15.8 Å². The highest BCUT2D eigenvalue weighted by molar-refractivity contribution is 6.46. The summed E-state index contributed by atoms with van der Waals surface area (Å²) in [6, 6.07) is 15.7. The first-order valence-electron chi connectivity index (χ1n) is 9.99. The first kappa shape index (κ1) is 22.4. The highest BCUT2D eigenvalue weighted by Crippen LogP contribution is 2.38. The molecule has 0 saturated heterocycles. The summed E-state index contributed by atoms with van der Waals surface area (Å²) in [5.74, 6) is -1.20. The molecular formula is C25H20ClFN2O4. The van der Waals surface area contributed by atoms with Crippen LogP contribution < -0.4 is 19.7 Å². The summed E-state index contributed by atoms with van der Waals surface area (Å²) in [4.78, 5) is 27.8. The normalized spacial score (nSPS) is 13.5. The number of nitrogens with one attached hydrogen (secondary N) is 1. The van der Waals surface area contributed by atoms with Gasteiger partial charge in [-0.2, -0.15) is 0 Å². The fourth-order valence-electron chi connectivity index (χ4n) is 3.63. The predicted molar refractivity (Wildman–Crippen MR) is 125 cm³/mol. The van der Waals surface area contributed by atoms with Crippen LogP contribution in [0.3, 0.4) is 0 Å². The van der Waals surface area contributed by atoms with Crippen LogP contribution in [0.15, 0.2) is 66.4 Å². The Bertz CT molecular complexity index is 1310. The minimum atomic E-state index is -0.689. The maximum absolute atomic E-state index is 14.6. The lowest BCUT2D eigenvalue weighted by Gasteiger charge is -2.16. The molecule has 3 aromatic carbocycles. The average molecular weight is 467 g/mol. The molecule has 1 aliphatic rings. The topological polar surface area (TPSA) is 67.9 Å². The van der Waals surface area contributed by atoms with E-state index in [2.05, 4.69) is 5.32 Å². The molecule has 0 atom stereocenters. The van der Waals surface area contributed by atoms with Crippen LogP contribution in [0.2, 0.25) is 5.02 Å². The molecule has 1 N–H and O–H groups in total. The fourth-order valence-corrected chi connectivity index (χ4v) is 3.81. The number of ether oxygens (including phenoxy) is 2. The van der Waals surface area contributed by atoms with Crippen molar-refractivity contribution < 1.29 is 23.5 Å². The molecule has 33 heavy (non-hydrogen) atoms. The van der Waals surface area contributed by atoms with Gasteiger partial charge in [-0.25, -0.2) is 9.29 Å². The van der Waals surface area contributed by atoms with Gasteiger partial charge in [-0.05, 0) is 54.4 Å². The molecule has 0 spiro atoms. The molecule has 4 rings (SSSR count). The molecule has 0 fully saturated rings.